The van der Waals surface area contributed by atoms with Crippen molar-refractivity contribution < 1.29 is 33.7 Å². The Bertz CT molecular complexity index is 938. The lowest BCUT2D eigenvalue weighted by atomic mass is 9.70. The van der Waals surface area contributed by atoms with Gasteiger partial charge in [-0.2, -0.15) is 0 Å². The Labute approximate surface area is 238 Å². The SMILES string of the molecule is C=CCCCOC(=O)[C@@H]1[C@H]2C(=O)N([C@@H](CO)[C@@H](C)CC)C(C(=O)N(CC=C)CCN3CCOCC3)C23CC[C@H]1O3. The van der Waals surface area contributed by atoms with Gasteiger partial charge in [0.25, 0.3) is 0 Å². The summed E-state index contributed by atoms with van der Waals surface area (Å²) < 4.78 is 17.6. The monoisotopic (exact) mass is 561 g/mol. The second-order valence-corrected chi connectivity index (χ2v) is 11.6. The number of unbranched alkanes of at least 4 members (excludes halogenated alkanes) is 1. The minimum absolute atomic E-state index is 0.0535. The molecule has 0 aliphatic carbocycles. The van der Waals surface area contributed by atoms with Crippen molar-refractivity contribution in [1.29, 1.82) is 0 Å². The number of amides is 2. The van der Waals surface area contributed by atoms with Gasteiger partial charge in [0, 0.05) is 32.7 Å². The number of aliphatic hydroxyl groups excluding tert-OH is 1. The zero-order valence-corrected chi connectivity index (χ0v) is 24.2. The van der Waals surface area contributed by atoms with E-state index in [-0.39, 0.29) is 30.9 Å². The molecule has 1 N–H and O–H groups in total. The number of hydrogen-bond acceptors (Lipinski definition) is 8. The van der Waals surface area contributed by atoms with E-state index in [0.29, 0.717) is 52.1 Å². The van der Waals surface area contributed by atoms with E-state index in [2.05, 4.69) is 18.1 Å². The highest BCUT2D eigenvalue weighted by molar-refractivity contribution is 5.98. The van der Waals surface area contributed by atoms with Gasteiger partial charge in [-0.15, -0.1) is 13.2 Å². The predicted molar refractivity (Wildman–Crippen MR) is 149 cm³/mol. The van der Waals surface area contributed by atoms with Crippen LogP contribution in [0, 0.1) is 17.8 Å². The van der Waals surface area contributed by atoms with Crippen LogP contribution in [0.2, 0.25) is 0 Å². The minimum Gasteiger partial charge on any atom is -0.465 e. The molecule has 0 aromatic heterocycles. The number of nitrogens with zero attached hydrogens (tertiary/aromatic N) is 3. The van der Waals surface area contributed by atoms with Crippen LogP contribution < -0.4 is 0 Å². The van der Waals surface area contributed by atoms with Gasteiger partial charge in [0.1, 0.15) is 11.6 Å². The van der Waals surface area contributed by atoms with E-state index in [0.717, 1.165) is 25.9 Å². The van der Waals surface area contributed by atoms with Crippen molar-refractivity contribution in [1.82, 2.24) is 14.7 Å². The van der Waals surface area contributed by atoms with Gasteiger partial charge < -0.3 is 29.1 Å². The number of carbonyl (C=O) groups excluding carboxylic acids is 3. The molecule has 1 spiro atoms. The van der Waals surface area contributed by atoms with E-state index >= 15 is 0 Å². The molecule has 40 heavy (non-hydrogen) atoms. The van der Waals surface area contributed by atoms with E-state index < -0.39 is 41.6 Å². The fourth-order valence-corrected chi connectivity index (χ4v) is 7.01. The fourth-order valence-electron chi connectivity index (χ4n) is 7.01. The van der Waals surface area contributed by atoms with E-state index in [1.54, 1.807) is 22.0 Å². The van der Waals surface area contributed by atoms with Crippen molar-refractivity contribution in [3.63, 3.8) is 0 Å². The molecule has 2 unspecified atom stereocenters. The molecule has 0 aromatic carbocycles. The molecule has 2 bridgehead atoms. The molecule has 4 rings (SSSR count). The third kappa shape index (κ3) is 5.73. The van der Waals surface area contributed by atoms with Crippen LogP contribution in [0.1, 0.15) is 46.0 Å². The molecule has 4 aliphatic rings. The fraction of sp³-hybridized carbons (Fsp3) is 0.767. The van der Waals surface area contributed by atoms with Crippen LogP contribution in [-0.4, -0.2) is 121 Å². The van der Waals surface area contributed by atoms with Crippen LogP contribution in [-0.2, 0) is 28.6 Å². The number of esters is 1. The zero-order valence-electron chi connectivity index (χ0n) is 24.2. The summed E-state index contributed by atoms with van der Waals surface area (Å²) in [6, 6.07) is -1.49. The van der Waals surface area contributed by atoms with E-state index in [1.807, 2.05) is 13.8 Å². The maximum absolute atomic E-state index is 14.5. The number of carbonyl (C=O) groups is 3. The summed E-state index contributed by atoms with van der Waals surface area (Å²) in [5.74, 6) is -2.58. The molecule has 4 fully saturated rings. The highest BCUT2D eigenvalue weighted by Crippen LogP contribution is 2.59. The van der Waals surface area contributed by atoms with Gasteiger partial charge in [-0.1, -0.05) is 32.4 Å². The summed E-state index contributed by atoms with van der Waals surface area (Å²) >= 11 is 0. The molecule has 224 valence electrons. The normalized spacial score (nSPS) is 31.1. The van der Waals surface area contributed by atoms with Crippen LogP contribution in [0.3, 0.4) is 0 Å². The number of morpholine rings is 1. The molecule has 4 saturated heterocycles. The second-order valence-electron chi connectivity index (χ2n) is 11.6. The number of ether oxygens (including phenoxy) is 3. The van der Waals surface area contributed by atoms with Crippen molar-refractivity contribution in [2.75, 3.05) is 59.2 Å². The Balaban J connectivity index is 1.65. The molecule has 10 nitrogen and oxygen atoms in total. The summed E-state index contributed by atoms with van der Waals surface area (Å²) in [7, 11) is 0. The predicted octanol–water partition coefficient (Wildman–Crippen LogP) is 1.62. The summed E-state index contributed by atoms with van der Waals surface area (Å²) in [5.41, 5.74) is -1.12. The Kier molecular flexibility index (Phi) is 10.4. The first-order chi connectivity index (χ1) is 19.3. The summed E-state index contributed by atoms with van der Waals surface area (Å²) in [6.45, 7) is 15.9. The molecule has 2 amide bonds. The largest absolute Gasteiger partial charge is 0.465 e. The van der Waals surface area contributed by atoms with Crippen LogP contribution in [0.15, 0.2) is 25.3 Å². The standard InChI is InChI=1S/C30H47N3O7/c1-5-8-9-17-39-29(37)24-23-10-11-30(40-23)25(24)27(35)33(22(20-34)21(4)7-3)26(30)28(36)32(12-6-2)14-13-31-15-18-38-19-16-31/h5-6,21-26,34H,1-2,7-20H2,3-4H3/t21-,22-,23+,24-,25-,26?,30?/m0/s1. The molecule has 4 heterocycles. The summed E-state index contributed by atoms with van der Waals surface area (Å²) in [5, 5.41) is 10.5. The number of allylic oxidation sites excluding steroid dienone is 1. The molecular weight excluding hydrogens is 514 g/mol. The maximum Gasteiger partial charge on any atom is 0.312 e. The van der Waals surface area contributed by atoms with Crippen molar-refractivity contribution in [3.05, 3.63) is 25.3 Å². The van der Waals surface area contributed by atoms with Crippen LogP contribution in [0.25, 0.3) is 0 Å². The van der Waals surface area contributed by atoms with Crippen molar-refractivity contribution in [3.8, 4) is 0 Å². The number of rotatable bonds is 15. The molecule has 7 atom stereocenters. The van der Waals surface area contributed by atoms with Gasteiger partial charge in [0.05, 0.1) is 50.4 Å². The van der Waals surface area contributed by atoms with Gasteiger partial charge >= 0.3 is 5.97 Å². The number of fused-ring (bicyclic) bond motifs is 1. The van der Waals surface area contributed by atoms with Gasteiger partial charge in [0.2, 0.25) is 11.8 Å². The lowest BCUT2D eigenvalue weighted by Gasteiger charge is -2.41. The van der Waals surface area contributed by atoms with Gasteiger partial charge in [-0.05, 0) is 31.6 Å². The lowest BCUT2D eigenvalue weighted by molar-refractivity contribution is -0.157. The highest BCUT2D eigenvalue weighted by atomic mass is 16.6. The average Bonchev–Trinajstić information content (AvgIpc) is 3.61. The van der Waals surface area contributed by atoms with E-state index in [9.17, 15) is 19.5 Å². The number of hydrogen-bond donors (Lipinski definition) is 1. The van der Waals surface area contributed by atoms with Crippen LogP contribution >= 0.6 is 0 Å². The van der Waals surface area contributed by atoms with Crippen LogP contribution in [0.5, 0.6) is 0 Å². The van der Waals surface area contributed by atoms with Gasteiger partial charge in [-0.25, -0.2) is 0 Å². The van der Waals surface area contributed by atoms with Crippen molar-refractivity contribution in [2.24, 2.45) is 17.8 Å². The smallest absolute Gasteiger partial charge is 0.312 e. The molecule has 0 aromatic rings. The summed E-state index contributed by atoms with van der Waals surface area (Å²) in [4.78, 5) is 47.7. The molecule has 0 saturated carbocycles. The molecule has 0 radical (unpaired) electrons. The van der Waals surface area contributed by atoms with Crippen LogP contribution in [0.4, 0.5) is 0 Å². The van der Waals surface area contributed by atoms with Gasteiger partial charge in [-0.3, -0.25) is 19.3 Å². The Morgan fingerprint density at radius 3 is 2.67 bits per heavy atom. The first kappa shape index (κ1) is 30.7. The topological polar surface area (TPSA) is 109 Å². The third-order valence-corrected chi connectivity index (χ3v) is 9.34. The van der Waals surface area contributed by atoms with Gasteiger partial charge in [0.15, 0.2) is 0 Å². The molecule has 4 aliphatic heterocycles. The lowest BCUT2D eigenvalue weighted by Crippen LogP contribution is -2.60. The minimum atomic E-state index is -1.12. The molecular formula is C30H47N3O7. The van der Waals surface area contributed by atoms with E-state index in [1.165, 1.54) is 0 Å². The molecule has 10 heteroatoms. The highest BCUT2D eigenvalue weighted by Gasteiger charge is 2.75. The summed E-state index contributed by atoms with van der Waals surface area (Å²) in [6.07, 6.45) is 6.20. The van der Waals surface area contributed by atoms with Crippen molar-refractivity contribution >= 4 is 17.8 Å². The first-order valence-electron chi connectivity index (χ1n) is 14.9. The second kappa shape index (κ2) is 13.6. The Hall–Kier alpha value is -2.27. The average molecular weight is 562 g/mol. The Morgan fingerprint density at radius 1 is 1.27 bits per heavy atom. The maximum atomic E-state index is 14.5. The van der Waals surface area contributed by atoms with E-state index in [4.69, 9.17) is 14.2 Å². The van der Waals surface area contributed by atoms with Crippen molar-refractivity contribution in [2.45, 2.75) is 69.7 Å². The number of aliphatic hydroxyl groups is 1. The quantitative estimate of drug-likeness (QED) is 0.183. The Morgan fingerprint density at radius 2 is 2.02 bits per heavy atom. The zero-order chi connectivity index (χ0) is 28.9. The number of likely N-dealkylation sites (tertiary alicyclic amines) is 1. The third-order valence-electron chi connectivity index (χ3n) is 9.34. The first-order valence-corrected chi connectivity index (χ1v) is 14.9.